The zero-order valence-electron chi connectivity index (χ0n) is 19.5. The Morgan fingerprint density at radius 1 is 0.360 bits per heavy atom. The first kappa shape index (κ1) is 20.5. The Hall–Kier alpha value is -0.780. The van der Waals surface area contributed by atoms with Crippen LogP contribution in [0.2, 0.25) is 0 Å². The molecule has 0 unspecified atom stereocenters. The van der Waals surface area contributed by atoms with Crippen molar-refractivity contribution in [3.63, 3.8) is 0 Å². The summed E-state index contributed by atoms with van der Waals surface area (Å²) in [6, 6.07) is 0. The first-order valence-electron chi connectivity index (χ1n) is 10.0. The molecule has 0 atom stereocenters. The van der Waals surface area contributed by atoms with Gasteiger partial charge in [-0.3, -0.25) is 0 Å². The van der Waals surface area contributed by atoms with E-state index in [1.807, 2.05) is 0 Å². The van der Waals surface area contributed by atoms with Crippen molar-refractivity contribution in [2.75, 3.05) is 0 Å². The Kier molecular flexibility index (Phi) is 4.22. The quantitative estimate of drug-likeness (QED) is 0.390. The molecule has 0 N–H and O–H groups in total. The van der Waals surface area contributed by atoms with Gasteiger partial charge in [-0.05, 0) is 70.1 Å². The summed E-state index contributed by atoms with van der Waals surface area (Å²) in [6.07, 6.45) is 0. The van der Waals surface area contributed by atoms with E-state index < -0.39 is 0 Å². The SMILES string of the molecule is CC1=C(C)C(C)(C)C2(C)C(C)(C)C(C)=C(C)C1(C)/C(C)=C(\C)C2(C)C. The van der Waals surface area contributed by atoms with Gasteiger partial charge in [-0.2, -0.15) is 0 Å². The van der Waals surface area contributed by atoms with Gasteiger partial charge in [-0.1, -0.05) is 81.9 Å². The Morgan fingerprint density at radius 2 is 0.560 bits per heavy atom. The third-order valence-corrected chi connectivity index (χ3v) is 10.5. The molecular formula is C25H42. The largest absolute Gasteiger partial charge is 0.0669 e. The molecule has 0 radical (unpaired) electrons. The van der Waals surface area contributed by atoms with Crippen LogP contribution in [0.5, 0.6) is 0 Å². The van der Waals surface area contributed by atoms with Gasteiger partial charge < -0.3 is 0 Å². The van der Waals surface area contributed by atoms with E-state index in [1.165, 1.54) is 0 Å². The second-order valence-electron chi connectivity index (χ2n) is 10.9. The van der Waals surface area contributed by atoms with E-state index in [-0.39, 0.29) is 27.1 Å². The van der Waals surface area contributed by atoms with E-state index in [1.54, 1.807) is 33.4 Å². The van der Waals surface area contributed by atoms with E-state index in [9.17, 15) is 0 Å². The van der Waals surface area contributed by atoms with Crippen LogP contribution >= 0.6 is 0 Å². The summed E-state index contributed by atoms with van der Waals surface area (Å²) in [7, 11) is 0. The zero-order valence-corrected chi connectivity index (χ0v) is 19.5. The third-order valence-electron chi connectivity index (χ3n) is 10.5. The minimum Gasteiger partial charge on any atom is -0.0669 e. The Morgan fingerprint density at radius 3 is 0.760 bits per heavy atom. The van der Waals surface area contributed by atoms with E-state index in [4.69, 9.17) is 0 Å². The Labute approximate surface area is 157 Å². The van der Waals surface area contributed by atoms with Crippen molar-refractivity contribution >= 4 is 0 Å². The number of fused-ring (bicyclic) bond motifs is 3. The topological polar surface area (TPSA) is 0 Å². The number of hydrogen-bond acceptors (Lipinski definition) is 0. The van der Waals surface area contributed by atoms with Crippen molar-refractivity contribution in [3.05, 3.63) is 33.4 Å². The maximum absolute atomic E-state index is 2.56. The van der Waals surface area contributed by atoms with Crippen LogP contribution in [0.4, 0.5) is 0 Å². The summed E-state index contributed by atoms with van der Waals surface area (Å²) < 4.78 is 0. The highest BCUT2D eigenvalue weighted by Crippen LogP contribution is 2.72. The molecule has 0 fully saturated rings. The second kappa shape index (κ2) is 5.14. The van der Waals surface area contributed by atoms with E-state index in [2.05, 4.69) is 96.9 Å². The number of rotatable bonds is 0. The molecule has 0 aromatic rings. The molecule has 0 amide bonds. The van der Waals surface area contributed by atoms with Crippen LogP contribution in [0.25, 0.3) is 0 Å². The molecule has 0 spiro atoms. The third kappa shape index (κ3) is 1.90. The fraction of sp³-hybridized carbons (Fsp3) is 0.760. The van der Waals surface area contributed by atoms with Crippen LogP contribution in [0.3, 0.4) is 0 Å². The molecule has 0 aromatic carbocycles. The maximum Gasteiger partial charge on any atom is 0.0301 e. The van der Waals surface area contributed by atoms with Gasteiger partial charge >= 0.3 is 0 Å². The molecule has 0 heterocycles. The predicted molar refractivity (Wildman–Crippen MR) is 113 cm³/mol. The molecule has 0 heteroatoms. The van der Waals surface area contributed by atoms with Crippen molar-refractivity contribution in [2.45, 2.75) is 96.9 Å². The average Bonchev–Trinajstić information content (AvgIpc) is 2.53. The molecule has 142 valence electrons. The summed E-state index contributed by atoms with van der Waals surface area (Å²) in [5.74, 6) is 0. The van der Waals surface area contributed by atoms with Crippen molar-refractivity contribution < 1.29 is 0 Å². The minimum absolute atomic E-state index is 0.0197. The van der Waals surface area contributed by atoms with Gasteiger partial charge in [0.25, 0.3) is 0 Å². The monoisotopic (exact) mass is 342 g/mol. The molecule has 3 aliphatic rings. The fourth-order valence-corrected chi connectivity index (χ4v) is 6.84. The van der Waals surface area contributed by atoms with Gasteiger partial charge in [0.05, 0.1) is 0 Å². The number of hydrogen-bond donors (Lipinski definition) is 0. The van der Waals surface area contributed by atoms with Crippen LogP contribution in [0.15, 0.2) is 33.4 Å². The lowest BCUT2D eigenvalue weighted by atomic mass is 9.36. The fourth-order valence-electron chi connectivity index (χ4n) is 6.84. The van der Waals surface area contributed by atoms with E-state index in [0.717, 1.165) is 0 Å². The lowest BCUT2D eigenvalue weighted by molar-refractivity contribution is -0.0847. The highest BCUT2D eigenvalue weighted by molar-refractivity contribution is 5.52. The molecule has 0 aliphatic heterocycles. The maximum atomic E-state index is 2.56. The van der Waals surface area contributed by atoms with Gasteiger partial charge in [-0.15, -0.1) is 0 Å². The van der Waals surface area contributed by atoms with Crippen molar-refractivity contribution in [3.8, 4) is 0 Å². The molecule has 0 saturated heterocycles. The normalized spacial score (nSPS) is 40.1. The zero-order chi connectivity index (χ0) is 20.0. The Balaban J connectivity index is 3.29. The summed E-state index contributed by atoms with van der Waals surface area (Å²) in [5.41, 5.74) is 9.85. The van der Waals surface area contributed by atoms with E-state index >= 15 is 0 Å². The van der Waals surface area contributed by atoms with Crippen LogP contribution in [0, 0.1) is 27.1 Å². The highest BCUT2D eigenvalue weighted by atomic mass is 14.7. The van der Waals surface area contributed by atoms with Gasteiger partial charge in [0.2, 0.25) is 0 Å². The van der Waals surface area contributed by atoms with Gasteiger partial charge in [-0.25, -0.2) is 0 Å². The van der Waals surface area contributed by atoms with Gasteiger partial charge in [0.15, 0.2) is 0 Å². The van der Waals surface area contributed by atoms with Gasteiger partial charge in [0, 0.05) is 5.41 Å². The standard InChI is InChI=1S/C25H42/c1-15-18(4)24(13)19(5)16(2)22(9,10)25(14,21(15,7)8)23(11,12)17(3)20(24)6/h1-14H3/b18-15+,19-16?,20-17?. The molecule has 0 saturated carbocycles. The average molecular weight is 343 g/mol. The summed E-state index contributed by atoms with van der Waals surface area (Å²) in [6.45, 7) is 34.4. The van der Waals surface area contributed by atoms with Gasteiger partial charge in [0.1, 0.15) is 0 Å². The lowest BCUT2D eigenvalue weighted by Crippen LogP contribution is -2.60. The summed E-state index contributed by atoms with van der Waals surface area (Å²) >= 11 is 0. The summed E-state index contributed by atoms with van der Waals surface area (Å²) in [5, 5.41) is 0. The smallest absolute Gasteiger partial charge is 0.0301 e. The van der Waals surface area contributed by atoms with Crippen molar-refractivity contribution in [1.29, 1.82) is 0 Å². The van der Waals surface area contributed by atoms with Crippen LogP contribution in [-0.2, 0) is 0 Å². The molecule has 3 rings (SSSR count). The van der Waals surface area contributed by atoms with Crippen LogP contribution in [-0.4, -0.2) is 0 Å². The lowest BCUT2D eigenvalue weighted by Gasteiger charge is -2.67. The predicted octanol–water partition coefficient (Wildman–Crippen LogP) is 8.11. The van der Waals surface area contributed by atoms with E-state index in [0.29, 0.717) is 0 Å². The second-order valence-corrected chi connectivity index (χ2v) is 10.9. The Bertz CT molecular complexity index is 617. The molecule has 0 nitrogen and oxygen atoms in total. The first-order chi connectivity index (χ1) is 10.9. The molecule has 2 bridgehead atoms. The molecule has 25 heavy (non-hydrogen) atoms. The van der Waals surface area contributed by atoms with Crippen molar-refractivity contribution in [2.24, 2.45) is 27.1 Å². The molecule has 0 aromatic heterocycles. The minimum atomic E-state index is 0.0197. The molecular weight excluding hydrogens is 300 g/mol. The summed E-state index contributed by atoms with van der Waals surface area (Å²) in [4.78, 5) is 0. The van der Waals surface area contributed by atoms with Crippen LogP contribution in [0.1, 0.15) is 96.9 Å². The number of allylic oxidation sites excluding steroid dienone is 6. The molecule has 3 aliphatic carbocycles. The van der Waals surface area contributed by atoms with Crippen LogP contribution < -0.4 is 0 Å². The highest BCUT2D eigenvalue weighted by Gasteiger charge is 2.64. The first-order valence-corrected chi connectivity index (χ1v) is 10.0. The van der Waals surface area contributed by atoms with Crippen molar-refractivity contribution in [1.82, 2.24) is 0 Å².